The van der Waals surface area contributed by atoms with Crippen molar-refractivity contribution >= 4 is 21.5 Å². The SMILES string of the molecule is CCNc1ncccc1S(=O)(=O)Nc1ccc(F)c(C)c1. The van der Waals surface area contributed by atoms with Gasteiger partial charge >= 0.3 is 0 Å². The molecule has 7 heteroatoms. The van der Waals surface area contributed by atoms with Gasteiger partial charge in [-0.2, -0.15) is 0 Å². The van der Waals surface area contributed by atoms with E-state index in [0.717, 1.165) is 0 Å². The van der Waals surface area contributed by atoms with E-state index in [1.165, 1.54) is 30.5 Å². The molecule has 2 N–H and O–H groups in total. The normalized spacial score (nSPS) is 11.2. The van der Waals surface area contributed by atoms with E-state index < -0.39 is 10.0 Å². The molecule has 5 nitrogen and oxygen atoms in total. The first-order chi connectivity index (χ1) is 9.94. The molecule has 0 fully saturated rings. The van der Waals surface area contributed by atoms with Crippen LogP contribution in [0.3, 0.4) is 0 Å². The molecule has 2 rings (SSSR count). The molecule has 0 radical (unpaired) electrons. The molecule has 2 aromatic rings. The van der Waals surface area contributed by atoms with Crippen LogP contribution in [0.4, 0.5) is 15.9 Å². The molecular weight excluding hydrogens is 293 g/mol. The number of hydrogen-bond acceptors (Lipinski definition) is 4. The number of pyridine rings is 1. The molecule has 1 aromatic heterocycles. The van der Waals surface area contributed by atoms with E-state index in [-0.39, 0.29) is 16.5 Å². The highest BCUT2D eigenvalue weighted by Gasteiger charge is 2.19. The molecule has 0 aliphatic rings. The zero-order chi connectivity index (χ0) is 15.5. The summed E-state index contributed by atoms with van der Waals surface area (Å²) in [5.41, 5.74) is 0.675. The number of nitrogens with one attached hydrogen (secondary N) is 2. The maximum absolute atomic E-state index is 13.2. The van der Waals surface area contributed by atoms with Crippen molar-refractivity contribution in [2.24, 2.45) is 0 Å². The number of nitrogens with zero attached hydrogens (tertiary/aromatic N) is 1. The molecule has 0 atom stereocenters. The summed E-state index contributed by atoms with van der Waals surface area (Å²) in [5, 5.41) is 2.90. The molecule has 1 aromatic carbocycles. The van der Waals surface area contributed by atoms with Crippen molar-refractivity contribution < 1.29 is 12.8 Å². The number of halogens is 1. The first-order valence-electron chi connectivity index (χ1n) is 6.42. The quantitative estimate of drug-likeness (QED) is 0.891. The summed E-state index contributed by atoms with van der Waals surface area (Å²) >= 11 is 0. The van der Waals surface area contributed by atoms with E-state index in [0.29, 0.717) is 17.8 Å². The zero-order valence-corrected chi connectivity index (χ0v) is 12.5. The Morgan fingerprint density at radius 3 is 2.71 bits per heavy atom. The topological polar surface area (TPSA) is 71.1 Å². The summed E-state index contributed by atoms with van der Waals surface area (Å²) in [7, 11) is -3.79. The molecular formula is C14H16FN3O2S. The average Bonchev–Trinajstić information content (AvgIpc) is 2.43. The first kappa shape index (κ1) is 15.2. The average molecular weight is 309 g/mol. The van der Waals surface area contributed by atoms with Gasteiger partial charge in [0.1, 0.15) is 16.5 Å². The van der Waals surface area contributed by atoms with Crippen LogP contribution in [-0.4, -0.2) is 19.9 Å². The van der Waals surface area contributed by atoms with Gasteiger partial charge in [0.25, 0.3) is 10.0 Å². The molecule has 0 unspecified atom stereocenters. The second kappa shape index (κ2) is 6.09. The van der Waals surface area contributed by atoms with Crippen molar-refractivity contribution in [1.29, 1.82) is 0 Å². The Balaban J connectivity index is 2.36. The zero-order valence-electron chi connectivity index (χ0n) is 11.7. The third-order valence-corrected chi connectivity index (χ3v) is 4.23. The van der Waals surface area contributed by atoms with E-state index in [1.807, 2.05) is 6.92 Å². The number of aromatic nitrogens is 1. The third kappa shape index (κ3) is 3.49. The second-order valence-corrected chi connectivity index (χ2v) is 6.10. The largest absolute Gasteiger partial charge is 0.369 e. The second-order valence-electron chi connectivity index (χ2n) is 4.45. The van der Waals surface area contributed by atoms with Crippen molar-refractivity contribution in [3.8, 4) is 0 Å². The molecule has 0 saturated carbocycles. The van der Waals surface area contributed by atoms with Crippen LogP contribution in [0, 0.1) is 12.7 Å². The van der Waals surface area contributed by atoms with E-state index in [4.69, 9.17) is 0 Å². The minimum Gasteiger partial charge on any atom is -0.369 e. The lowest BCUT2D eigenvalue weighted by Gasteiger charge is -2.12. The summed E-state index contributed by atoms with van der Waals surface area (Å²) in [5.74, 6) is -0.0981. The highest BCUT2D eigenvalue weighted by molar-refractivity contribution is 7.92. The Kier molecular flexibility index (Phi) is 4.42. The number of benzene rings is 1. The van der Waals surface area contributed by atoms with Gasteiger partial charge in [0, 0.05) is 18.4 Å². The predicted molar refractivity (Wildman–Crippen MR) is 80.3 cm³/mol. The summed E-state index contributed by atoms with van der Waals surface area (Å²) in [4.78, 5) is 4.07. The van der Waals surface area contributed by atoms with E-state index >= 15 is 0 Å². The highest BCUT2D eigenvalue weighted by Crippen LogP contribution is 2.22. The number of aryl methyl sites for hydroxylation is 1. The molecule has 0 saturated heterocycles. The molecule has 0 bridgehead atoms. The van der Waals surface area contributed by atoms with E-state index in [9.17, 15) is 12.8 Å². The number of hydrogen-bond donors (Lipinski definition) is 2. The van der Waals surface area contributed by atoms with Gasteiger partial charge in [-0.05, 0) is 49.7 Å². The Morgan fingerprint density at radius 1 is 1.29 bits per heavy atom. The van der Waals surface area contributed by atoms with Crippen molar-refractivity contribution in [1.82, 2.24) is 4.98 Å². The van der Waals surface area contributed by atoms with Crippen LogP contribution in [0.5, 0.6) is 0 Å². The van der Waals surface area contributed by atoms with Crippen LogP contribution in [0.2, 0.25) is 0 Å². The fraction of sp³-hybridized carbons (Fsp3) is 0.214. The number of sulfonamides is 1. The van der Waals surface area contributed by atoms with Gasteiger partial charge in [0.05, 0.1) is 0 Å². The Morgan fingerprint density at radius 2 is 2.05 bits per heavy atom. The standard InChI is InChI=1S/C14H16FN3O2S/c1-3-16-14-13(5-4-8-17-14)21(19,20)18-11-6-7-12(15)10(2)9-11/h4-9,18H,3H2,1-2H3,(H,16,17). The van der Waals surface area contributed by atoms with Gasteiger partial charge < -0.3 is 5.32 Å². The third-order valence-electron chi connectivity index (χ3n) is 2.81. The lowest BCUT2D eigenvalue weighted by Crippen LogP contribution is -2.16. The Hall–Kier alpha value is -2.15. The summed E-state index contributed by atoms with van der Waals surface area (Å²) < 4.78 is 40.5. The Bertz CT molecular complexity index is 748. The lowest BCUT2D eigenvalue weighted by atomic mass is 10.2. The van der Waals surface area contributed by atoms with Crippen LogP contribution in [-0.2, 0) is 10.0 Å². The lowest BCUT2D eigenvalue weighted by molar-refractivity contribution is 0.600. The van der Waals surface area contributed by atoms with Gasteiger partial charge in [-0.15, -0.1) is 0 Å². The van der Waals surface area contributed by atoms with Crippen LogP contribution in [0.15, 0.2) is 41.4 Å². The van der Waals surface area contributed by atoms with Gasteiger partial charge in [-0.1, -0.05) is 0 Å². The molecule has 0 amide bonds. The smallest absolute Gasteiger partial charge is 0.265 e. The summed E-state index contributed by atoms with van der Waals surface area (Å²) in [6, 6.07) is 7.05. The van der Waals surface area contributed by atoms with E-state index in [1.54, 1.807) is 13.0 Å². The fourth-order valence-electron chi connectivity index (χ4n) is 1.83. The van der Waals surface area contributed by atoms with Crippen LogP contribution in [0.1, 0.15) is 12.5 Å². The van der Waals surface area contributed by atoms with Crippen molar-refractivity contribution in [3.05, 3.63) is 47.9 Å². The van der Waals surface area contributed by atoms with Crippen LogP contribution < -0.4 is 10.0 Å². The van der Waals surface area contributed by atoms with Crippen molar-refractivity contribution in [3.63, 3.8) is 0 Å². The van der Waals surface area contributed by atoms with Crippen LogP contribution >= 0.6 is 0 Å². The summed E-state index contributed by atoms with van der Waals surface area (Å²) in [6.07, 6.45) is 1.51. The first-order valence-corrected chi connectivity index (χ1v) is 7.90. The minimum atomic E-state index is -3.79. The molecule has 0 aliphatic carbocycles. The van der Waals surface area contributed by atoms with Crippen molar-refractivity contribution in [2.45, 2.75) is 18.7 Å². The highest BCUT2D eigenvalue weighted by atomic mass is 32.2. The molecule has 21 heavy (non-hydrogen) atoms. The fourth-order valence-corrected chi connectivity index (χ4v) is 3.01. The van der Waals surface area contributed by atoms with Crippen molar-refractivity contribution in [2.75, 3.05) is 16.6 Å². The van der Waals surface area contributed by atoms with E-state index in [2.05, 4.69) is 15.0 Å². The monoisotopic (exact) mass is 309 g/mol. The molecule has 1 heterocycles. The maximum atomic E-state index is 13.2. The molecule has 0 spiro atoms. The van der Waals surface area contributed by atoms with Gasteiger partial charge in [-0.3, -0.25) is 4.72 Å². The maximum Gasteiger partial charge on any atom is 0.265 e. The van der Waals surface area contributed by atoms with Gasteiger partial charge in [-0.25, -0.2) is 17.8 Å². The van der Waals surface area contributed by atoms with Crippen LogP contribution in [0.25, 0.3) is 0 Å². The number of rotatable bonds is 5. The van der Waals surface area contributed by atoms with Gasteiger partial charge in [0.2, 0.25) is 0 Å². The predicted octanol–water partition coefficient (Wildman–Crippen LogP) is 2.76. The molecule has 112 valence electrons. The summed E-state index contributed by atoms with van der Waals surface area (Å²) in [6.45, 7) is 3.97. The molecule has 0 aliphatic heterocycles. The Labute approximate surface area is 123 Å². The minimum absolute atomic E-state index is 0.0498. The van der Waals surface area contributed by atoms with Gasteiger partial charge in [0.15, 0.2) is 0 Å². The number of anilines is 2.